The molecule has 4 amide bonds. The molecule has 8 nitrogen and oxygen atoms in total. The zero-order valence-corrected chi connectivity index (χ0v) is 24.8. The Balaban J connectivity index is 0.000000235. The summed E-state index contributed by atoms with van der Waals surface area (Å²) in [6.07, 6.45) is 0.889. The van der Waals surface area contributed by atoms with Crippen LogP contribution in [-0.2, 0) is 6.18 Å². The second-order valence-electron chi connectivity index (χ2n) is 9.16. The fourth-order valence-corrected chi connectivity index (χ4v) is 4.80. The molecule has 0 atom stereocenters. The second-order valence-corrected chi connectivity index (χ2v) is 11.0. The average Bonchev–Trinajstić information content (AvgIpc) is 2.90. The summed E-state index contributed by atoms with van der Waals surface area (Å²) in [6, 6.07) is 7.54. The van der Waals surface area contributed by atoms with E-state index in [0.717, 1.165) is 62.1 Å². The predicted molar refractivity (Wildman–Crippen MR) is 155 cm³/mol. The van der Waals surface area contributed by atoms with E-state index in [0.29, 0.717) is 4.47 Å². The van der Waals surface area contributed by atoms with Crippen molar-refractivity contribution in [3.63, 3.8) is 0 Å². The first-order chi connectivity index (χ1) is 19.7. The number of hydrogen-bond acceptors (Lipinski definition) is 4. The van der Waals surface area contributed by atoms with E-state index in [2.05, 4.69) is 53.1 Å². The smallest absolute Gasteiger partial charge is 0.416 e. The maximum atomic E-state index is 13.3. The maximum Gasteiger partial charge on any atom is 0.416 e. The van der Waals surface area contributed by atoms with E-state index in [1.165, 1.54) is 18.6 Å². The van der Waals surface area contributed by atoms with Crippen LogP contribution in [0.15, 0.2) is 57.5 Å². The van der Waals surface area contributed by atoms with Gasteiger partial charge >= 0.3 is 18.2 Å². The summed E-state index contributed by atoms with van der Waals surface area (Å²) >= 11 is 6.11. The molecule has 0 aromatic heterocycles. The number of phenolic OH excluding ortho intramolecular Hbond substituents is 2. The SMILES string of the molecule is O=C(Nc1cc(Br)cc(F)c1O)NC1CCCCC1.O=C(Nc1ccc(C(F)(F)F)cc1)Nc1cc(Br)cc(F)c1O. The number of amides is 4. The van der Waals surface area contributed by atoms with E-state index in [1.807, 2.05) is 0 Å². The first-order valence-electron chi connectivity index (χ1n) is 12.4. The van der Waals surface area contributed by atoms with Gasteiger partial charge in [0, 0.05) is 20.7 Å². The van der Waals surface area contributed by atoms with Gasteiger partial charge in [-0.25, -0.2) is 18.4 Å². The Morgan fingerprint density at radius 2 is 1.21 bits per heavy atom. The number of phenols is 2. The third kappa shape index (κ3) is 9.76. The zero-order chi connectivity index (χ0) is 31.0. The van der Waals surface area contributed by atoms with Crippen LogP contribution in [0.25, 0.3) is 0 Å². The molecule has 4 rings (SSSR count). The minimum atomic E-state index is -4.47. The lowest BCUT2D eigenvalue weighted by molar-refractivity contribution is -0.137. The van der Waals surface area contributed by atoms with Crippen LogP contribution in [-0.4, -0.2) is 28.3 Å². The number of carbonyl (C=O) groups is 2. The van der Waals surface area contributed by atoms with Crippen molar-refractivity contribution in [2.75, 3.05) is 16.0 Å². The van der Waals surface area contributed by atoms with Crippen molar-refractivity contribution in [3.05, 3.63) is 74.7 Å². The van der Waals surface area contributed by atoms with Crippen LogP contribution >= 0.6 is 31.9 Å². The zero-order valence-electron chi connectivity index (χ0n) is 21.6. The molecule has 226 valence electrons. The average molecular weight is 724 g/mol. The normalized spacial score (nSPS) is 13.4. The molecule has 1 fully saturated rings. The number of nitrogens with one attached hydrogen (secondary N) is 4. The highest BCUT2D eigenvalue weighted by Gasteiger charge is 2.30. The van der Waals surface area contributed by atoms with Crippen LogP contribution < -0.4 is 21.3 Å². The number of anilines is 3. The summed E-state index contributed by atoms with van der Waals surface area (Å²) < 4.78 is 64.6. The summed E-state index contributed by atoms with van der Waals surface area (Å²) in [7, 11) is 0. The minimum Gasteiger partial charge on any atom is -0.503 e. The molecule has 0 heterocycles. The van der Waals surface area contributed by atoms with Crippen molar-refractivity contribution in [2.45, 2.75) is 44.3 Å². The quantitative estimate of drug-likeness (QED) is 0.119. The van der Waals surface area contributed by atoms with Crippen LogP contribution in [0.3, 0.4) is 0 Å². The van der Waals surface area contributed by atoms with Crippen LogP contribution in [0.4, 0.5) is 48.6 Å². The Bertz CT molecular complexity index is 1420. The van der Waals surface area contributed by atoms with Gasteiger partial charge in [-0.3, -0.25) is 0 Å². The Labute approximate surface area is 254 Å². The Hall–Kier alpha value is -3.59. The highest BCUT2D eigenvalue weighted by Crippen LogP contribution is 2.32. The van der Waals surface area contributed by atoms with Gasteiger partial charge in [0.25, 0.3) is 0 Å². The van der Waals surface area contributed by atoms with Crippen LogP contribution in [0.1, 0.15) is 37.7 Å². The number of hydrogen-bond donors (Lipinski definition) is 6. The summed E-state index contributed by atoms with van der Waals surface area (Å²) in [4.78, 5) is 23.5. The van der Waals surface area contributed by atoms with Crippen molar-refractivity contribution >= 4 is 61.0 Å². The van der Waals surface area contributed by atoms with Gasteiger partial charge in [-0.15, -0.1) is 0 Å². The summed E-state index contributed by atoms with van der Waals surface area (Å²) in [5.74, 6) is -3.02. The molecule has 0 spiro atoms. The van der Waals surface area contributed by atoms with E-state index in [9.17, 15) is 41.8 Å². The molecular weight excluding hydrogens is 699 g/mol. The lowest BCUT2D eigenvalue weighted by Crippen LogP contribution is -2.39. The number of alkyl halides is 3. The van der Waals surface area contributed by atoms with Crippen molar-refractivity contribution < 1.29 is 41.8 Å². The largest absolute Gasteiger partial charge is 0.503 e. The molecule has 0 unspecified atom stereocenters. The predicted octanol–water partition coefficient (Wildman–Crippen LogP) is 8.70. The molecule has 1 saturated carbocycles. The third-order valence-corrected chi connectivity index (χ3v) is 6.88. The van der Waals surface area contributed by atoms with Gasteiger partial charge in [-0.05, 0) is 61.4 Å². The van der Waals surface area contributed by atoms with Gasteiger partial charge in [0.2, 0.25) is 0 Å². The Morgan fingerprint density at radius 3 is 1.69 bits per heavy atom. The van der Waals surface area contributed by atoms with Crippen LogP contribution in [0, 0.1) is 11.6 Å². The molecule has 0 bridgehead atoms. The molecule has 1 aliphatic rings. The van der Waals surface area contributed by atoms with Gasteiger partial charge in [0.15, 0.2) is 23.1 Å². The Morgan fingerprint density at radius 1 is 0.738 bits per heavy atom. The van der Waals surface area contributed by atoms with E-state index in [-0.39, 0.29) is 27.6 Å². The van der Waals surface area contributed by atoms with E-state index < -0.39 is 46.9 Å². The van der Waals surface area contributed by atoms with Gasteiger partial charge in [-0.2, -0.15) is 13.2 Å². The molecule has 3 aromatic carbocycles. The molecule has 0 aliphatic heterocycles. The molecule has 1 aliphatic carbocycles. The molecular formula is C27H25Br2F5N4O4. The van der Waals surface area contributed by atoms with Crippen molar-refractivity contribution in [2.24, 2.45) is 0 Å². The van der Waals surface area contributed by atoms with Gasteiger partial charge in [0.05, 0.1) is 16.9 Å². The molecule has 15 heteroatoms. The van der Waals surface area contributed by atoms with Crippen LogP contribution in [0.2, 0.25) is 0 Å². The van der Waals surface area contributed by atoms with E-state index in [4.69, 9.17) is 0 Å². The summed E-state index contributed by atoms with van der Waals surface area (Å²) in [6.45, 7) is 0. The van der Waals surface area contributed by atoms with Crippen molar-refractivity contribution in [1.82, 2.24) is 5.32 Å². The van der Waals surface area contributed by atoms with E-state index in [1.54, 1.807) is 0 Å². The number of halogens is 7. The fraction of sp³-hybridized carbons (Fsp3) is 0.259. The standard InChI is InChI=1S/C14H9BrF4N2O2.C13H16BrFN2O2/c15-8-5-10(16)12(22)11(6-8)21-13(23)20-9-3-1-7(2-4-9)14(17,18)19;14-8-6-10(15)12(18)11(7-8)17-13(19)16-9-4-2-1-3-5-9/h1-6,22H,(H2,20,21,23);6-7,9,18H,1-5H2,(H2,16,17,19). The topological polar surface area (TPSA) is 123 Å². The summed E-state index contributed by atoms with van der Waals surface area (Å²) in [5, 5.41) is 28.8. The highest BCUT2D eigenvalue weighted by atomic mass is 79.9. The maximum absolute atomic E-state index is 13.3. The number of benzene rings is 3. The molecule has 6 N–H and O–H groups in total. The van der Waals surface area contributed by atoms with Gasteiger partial charge < -0.3 is 31.5 Å². The van der Waals surface area contributed by atoms with Crippen LogP contribution in [0.5, 0.6) is 11.5 Å². The number of rotatable bonds is 4. The van der Waals surface area contributed by atoms with E-state index >= 15 is 0 Å². The first kappa shape index (κ1) is 32.9. The molecule has 3 aromatic rings. The fourth-order valence-electron chi connectivity index (χ4n) is 3.94. The summed E-state index contributed by atoms with van der Waals surface area (Å²) in [5.41, 5.74) is -0.887. The first-order valence-corrected chi connectivity index (χ1v) is 14.0. The third-order valence-electron chi connectivity index (χ3n) is 5.96. The number of carbonyl (C=O) groups excluding carboxylic acids is 2. The van der Waals surface area contributed by atoms with Crippen molar-refractivity contribution in [3.8, 4) is 11.5 Å². The van der Waals surface area contributed by atoms with Crippen molar-refractivity contribution in [1.29, 1.82) is 0 Å². The highest BCUT2D eigenvalue weighted by molar-refractivity contribution is 9.10. The Kier molecular flexibility index (Phi) is 11.4. The molecule has 0 saturated heterocycles. The molecule has 42 heavy (non-hydrogen) atoms. The van der Waals surface area contributed by atoms with Gasteiger partial charge in [0.1, 0.15) is 0 Å². The number of urea groups is 2. The number of aromatic hydroxyl groups is 2. The second kappa shape index (κ2) is 14.5. The minimum absolute atomic E-state index is 0.0557. The monoisotopic (exact) mass is 722 g/mol. The van der Waals surface area contributed by atoms with Gasteiger partial charge in [-0.1, -0.05) is 51.1 Å². The lowest BCUT2D eigenvalue weighted by Gasteiger charge is -2.23. The lowest BCUT2D eigenvalue weighted by atomic mass is 9.96. The molecule has 0 radical (unpaired) electrons.